The van der Waals surface area contributed by atoms with Gasteiger partial charge in [-0.25, -0.2) is 0 Å². The maximum atomic E-state index is 12.4. The molecule has 4 nitrogen and oxygen atoms in total. The van der Waals surface area contributed by atoms with E-state index in [1.165, 1.54) is 16.8 Å². The van der Waals surface area contributed by atoms with Crippen LogP contribution < -0.4 is 10.2 Å². The van der Waals surface area contributed by atoms with Crippen LogP contribution in [0.15, 0.2) is 54.6 Å². The van der Waals surface area contributed by atoms with Crippen molar-refractivity contribution >= 4 is 11.6 Å². The van der Waals surface area contributed by atoms with E-state index in [1.54, 1.807) is 0 Å². The summed E-state index contributed by atoms with van der Waals surface area (Å²) in [7, 11) is 0. The topological polar surface area (TPSA) is 35.6 Å². The molecule has 4 heteroatoms. The fourth-order valence-electron chi connectivity index (χ4n) is 3.69. The summed E-state index contributed by atoms with van der Waals surface area (Å²) < 4.78 is 0. The summed E-state index contributed by atoms with van der Waals surface area (Å²) >= 11 is 0. The third-order valence-electron chi connectivity index (χ3n) is 5.31. The molecule has 2 aromatic rings. The molecule has 1 amide bonds. The molecule has 3 rings (SSSR count). The van der Waals surface area contributed by atoms with Crippen LogP contribution in [0.4, 0.5) is 5.69 Å². The number of hydrogen-bond acceptors (Lipinski definition) is 3. The van der Waals surface area contributed by atoms with Crippen molar-refractivity contribution in [3.63, 3.8) is 0 Å². The van der Waals surface area contributed by atoms with E-state index in [-0.39, 0.29) is 11.9 Å². The predicted octanol–water partition coefficient (Wildman–Crippen LogP) is 3.25. The number of para-hydroxylation sites is 1. The molecule has 0 spiro atoms. The van der Waals surface area contributed by atoms with E-state index in [2.05, 4.69) is 77.5 Å². The molecule has 0 bridgehead atoms. The lowest BCUT2D eigenvalue weighted by Crippen LogP contribution is -2.50. The molecule has 1 aliphatic heterocycles. The van der Waals surface area contributed by atoms with E-state index >= 15 is 0 Å². The van der Waals surface area contributed by atoms with Gasteiger partial charge in [0.05, 0.1) is 6.54 Å². The molecule has 1 saturated heterocycles. The van der Waals surface area contributed by atoms with E-state index in [0.29, 0.717) is 6.54 Å². The van der Waals surface area contributed by atoms with Gasteiger partial charge in [-0.15, -0.1) is 0 Å². The number of nitrogens with zero attached hydrogens (tertiary/aromatic N) is 2. The first-order valence-corrected chi connectivity index (χ1v) is 9.98. The molecular formula is C23H31N3O. The van der Waals surface area contributed by atoms with Gasteiger partial charge < -0.3 is 10.2 Å². The molecule has 1 fully saturated rings. The summed E-state index contributed by atoms with van der Waals surface area (Å²) in [5, 5.41) is 3.16. The van der Waals surface area contributed by atoms with Gasteiger partial charge in [-0.05, 0) is 43.9 Å². The molecule has 144 valence electrons. The monoisotopic (exact) mass is 365 g/mol. The molecule has 1 unspecified atom stereocenters. The lowest BCUT2D eigenvalue weighted by atomic mass is 10.1. The Morgan fingerprint density at radius 3 is 2.37 bits per heavy atom. The van der Waals surface area contributed by atoms with Gasteiger partial charge in [0.2, 0.25) is 5.91 Å². The van der Waals surface area contributed by atoms with Crippen LogP contribution in [0.25, 0.3) is 0 Å². The van der Waals surface area contributed by atoms with Crippen molar-refractivity contribution in [3.8, 4) is 0 Å². The van der Waals surface area contributed by atoms with Crippen molar-refractivity contribution < 1.29 is 4.79 Å². The highest BCUT2D eigenvalue weighted by Gasteiger charge is 2.20. The van der Waals surface area contributed by atoms with Crippen molar-refractivity contribution in [1.29, 1.82) is 0 Å². The first-order valence-electron chi connectivity index (χ1n) is 9.98. The van der Waals surface area contributed by atoms with Crippen molar-refractivity contribution in [1.82, 2.24) is 10.2 Å². The normalized spacial score (nSPS) is 16.1. The second-order valence-electron chi connectivity index (χ2n) is 7.54. The zero-order valence-corrected chi connectivity index (χ0v) is 16.5. The molecule has 0 aliphatic carbocycles. The quantitative estimate of drug-likeness (QED) is 0.818. The van der Waals surface area contributed by atoms with Gasteiger partial charge >= 0.3 is 0 Å². The Labute approximate surface area is 163 Å². The molecule has 1 heterocycles. The summed E-state index contributed by atoms with van der Waals surface area (Å²) in [4.78, 5) is 17.1. The minimum atomic E-state index is 0.139. The molecular weight excluding hydrogens is 334 g/mol. The van der Waals surface area contributed by atoms with E-state index in [0.717, 1.165) is 39.0 Å². The fourth-order valence-corrected chi connectivity index (χ4v) is 3.69. The minimum Gasteiger partial charge on any atom is -0.369 e. The summed E-state index contributed by atoms with van der Waals surface area (Å²) in [6.07, 6.45) is 1.97. The Morgan fingerprint density at radius 2 is 1.67 bits per heavy atom. The highest BCUT2D eigenvalue weighted by atomic mass is 16.2. The van der Waals surface area contributed by atoms with Crippen LogP contribution in [0.5, 0.6) is 0 Å². The maximum absolute atomic E-state index is 12.4. The smallest absolute Gasteiger partial charge is 0.234 e. The van der Waals surface area contributed by atoms with Crippen LogP contribution in [0, 0.1) is 6.92 Å². The average molecular weight is 366 g/mol. The second-order valence-corrected chi connectivity index (χ2v) is 7.54. The second kappa shape index (κ2) is 9.56. The van der Waals surface area contributed by atoms with Crippen molar-refractivity contribution in [3.05, 3.63) is 65.7 Å². The van der Waals surface area contributed by atoms with Gasteiger partial charge in [-0.1, -0.05) is 48.5 Å². The van der Waals surface area contributed by atoms with Gasteiger partial charge in [0.15, 0.2) is 0 Å². The van der Waals surface area contributed by atoms with Crippen molar-refractivity contribution in [2.45, 2.75) is 32.7 Å². The molecule has 1 N–H and O–H groups in total. The number of anilines is 1. The Balaban J connectivity index is 1.38. The molecule has 1 atom stereocenters. The summed E-state index contributed by atoms with van der Waals surface area (Å²) in [5.74, 6) is 0.139. The zero-order chi connectivity index (χ0) is 19.1. The van der Waals surface area contributed by atoms with Gasteiger partial charge in [-0.2, -0.15) is 0 Å². The van der Waals surface area contributed by atoms with E-state index in [9.17, 15) is 4.79 Å². The number of carbonyl (C=O) groups is 1. The van der Waals surface area contributed by atoms with Gasteiger partial charge in [0.25, 0.3) is 0 Å². The number of rotatable bonds is 7. The highest BCUT2D eigenvalue weighted by Crippen LogP contribution is 2.20. The van der Waals surface area contributed by atoms with E-state index < -0.39 is 0 Å². The number of amides is 1. The van der Waals surface area contributed by atoms with Crippen molar-refractivity contribution in [2.24, 2.45) is 0 Å². The number of aryl methyl sites for hydroxylation is 2. The first kappa shape index (κ1) is 19.4. The van der Waals surface area contributed by atoms with E-state index in [1.807, 2.05) is 6.07 Å². The zero-order valence-electron chi connectivity index (χ0n) is 16.5. The molecule has 0 aromatic heterocycles. The molecule has 2 aromatic carbocycles. The largest absolute Gasteiger partial charge is 0.369 e. The fraction of sp³-hybridized carbons (Fsp3) is 0.435. The van der Waals surface area contributed by atoms with Gasteiger partial charge in [-0.3, -0.25) is 9.69 Å². The predicted molar refractivity (Wildman–Crippen MR) is 112 cm³/mol. The minimum absolute atomic E-state index is 0.139. The number of carbonyl (C=O) groups excluding carboxylic acids is 1. The number of piperazine rings is 1. The summed E-state index contributed by atoms with van der Waals surface area (Å²) in [5.41, 5.74) is 3.96. The summed E-state index contributed by atoms with van der Waals surface area (Å²) in [6, 6.07) is 19.2. The standard InChI is InChI=1S/C23H31N3O/c1-19-8-6-7-11-22(19)26-16-14-25(15-17-26)18-23(27)24-20(2)12-13-21-9-4-3-5-10-21/h3-11,20H,12-18H2,1-2H3,(H,24,27). The van der Waals surface area contributed by atoms with Crippen LogP contribution in [0.2, 0.25) is 0 Å². The van der Waals surface area contributed by atoms with Crippen molar-refractivity contribution in [2.75, 3.05) is 37.6 Å². The lowest BCUT2D eigenvalue weighted by molar-refractivity contribution is -0.122. The Morgan fingerprint density at radius 1 is 1.00 bits per heavy atom. The van der Waals surface area contributed by atoms with Gasteiger partial charge in [0.1, 0.15) is 0 Å². The Kier molecular flexibility index (Phi) is 6.88. The maximum Gasteiger partial charge on any atom is 0.234 e. The third kappa shape index (κ3) is 5.83. The molecule has 27 heavy (non-hydrogen) atoms. The Bertz CT molecular complexity index is 723. The van der Waals surface area contributed by atoms with Crippen LogP contribution in [-0.2, 0) is 11.2 Å². The number of hydrogen-bond donors (Lipinski definition) is 1. The summed E-state index contributed by atoms with van der Waals surface area (Å²) in [6.45, 7) is 8.56. The van der Waals surface area contributed by atoms with Crippen LogP contribution in [0.1, 0.15) is 24.5 Å². The molecule has 0 saturated carbocycles. The van der Waals surface area contributed by atoms with E-state index in [4.69, 9.17) is 0 Å². The number of benzene rings is 2. The van der Waals surface area contributed by atoms with Crippen LogP contribution in [0.3, 0.4) is 0 Å². The Hall–Kier alpha value is -2.33. The first-order chi connectivity index (χ1) is 13.1. The highest BCUT2D eigenvalue weighted by molar-refractivity contribution is 5.78. The van der Waals surface area contributed by atoms with Crippen LogP contribution >= 0.6 is 0 Å². The third-order valence-corrected chi connectivity index (χ3v) is 5.31. The average Bonchev–Trinajstić information content (AvgIpc) is 2.68. The number of nitrogens with one attached hydrogen (secondary N) is 1. The molecule has 0 radical (unpaired) electrons. The molecule has 1 aliphatic rings. The SMILES string of the molecule is Cc1ccccc1N1CCN(CC(=O)NC(C)CCc2ccccc2)CC1. The van der Waals surface area contributed by atoms with Crippen LogP contribution in [-0.4, -0.2) is 49.6 Å². The lowest BCUT2D eigenvalue weighted by Gasteiger charge is -2.36. The van der Waals surface area contributed by atoms with Gasteiger partial charge in [0, 0.05) is 37.9 Å².